The number of nitrogen functional groups attached to an aromatic ring is 1. The van der Waals surface area contributed by atoms with Crippen LogP contribution >= 0.6 is 0 Å². The van der Waals surface area contributed by atoms with Crippen LogP contribution in [0.4, 0.5) is 5.82 Å². The summed E-state index contributed by atoms with van der Waals surface area (Å²) in [6, 6.07) is 3.58. The number of nitrogens with one attached hydrogen (secondary N) is 1. The molecule has 2 aromatic rings. The third kappa shape index (κ3) is 2.02. The Labute approximate surface area is 99.8 Å². The summed E-state index contributed by atoms with van der Waals surface area (Å²) in [5.74, 6) is 6.92. The summed E-state index contributed by atoms with van der Waals surface area (Å²) < 4.78 is 5.29. The molecule has 0 bridgehead atoms. The molecule has 5 nitrogen and oxygen atoms in total. The monoisotopic (exact) mass is 232 g/mol. The Kier molecular flexibility index (Phi) is 3.12. The molecule has 0 radical (unpaired) electrons. The molecule has 2 heterocycles. The minimum atomic E-state index is -0.206. The van der Waals surface area contributed by atoms with Crippen LogP contribution in [-0.4, -0.2) is 4.98 Å². The van der Waals surface area contributed by atoms with Crippen molar-refractivity contribution < 1.29 is 4.42 Å². The highest BCUT2D eigenvalue weighted by Crippen LogP contribution is 2.29. The maximum Gasteiger partial charge on any atom is 0.128 e. The number of anilines is 1. The summed E-state index contributed by atoms with van der Waals surface area (Å²) in [6.07, 6.45) is 3.32. The molecule has 90 valence electrons. The molecule has 0 amide bonds. The highest BCUT2D eigenvalue weighted by atomic mass is 16.3. The van der Waals surface area contributed by atoms with E-state index in [9.17, 15) is 0 Å². The summed E-state index contributed by atoms with van der Waals surface area (Å²) in [5, 5.41) is 0. The van der Waals surface area contributed by atoms with Crippen molar-refractivity contribution in [2.24, 2.45) is 5.84 Å². The molecule has 0 aliphatic rings. The van der Waals surface area contributed by atoms with E-state index in [-0.39, 0.29) is 6.04 Å². The molecule has 5 N–H and O–H groups in total. The predicted molar refractivity (Wildman–Crippen MR) is 66.0 cm³/mol. The van der Waals surface area contributed by atoms with Gasteiger partial charge in [0.25, 0.3) is 0 Å². The minimum Gasteiger partial charge on any atom is -0.469 e. The maximum absolute atomic E-state index is 5.92. The van der Waals surface area contributed by atoms with Crippen molar-refractivity contribution in [3.63, 3.8) is 0 Å². The van der Waals surface area contributed by atoms with Crippen LogP contribution in [0.1, 0.15) is 28.5 Å². The fraction of sp³-hybridized carbons (Fsp3) is 0.250. The van der Waals surface area contributed by atoms with Crippen LogP contribution < -0.4 is 17.0 Å². The van der Waals surface area contributed by atoms with Crippen LogP contribution in [0.2, 0.25) is 0 Å². The molecule has 0 saturated heterocycles. The molecule has 1 atom stereocenters. The molecule has 2 aromatic heterocycles. The third-order valence-electron chi connectivity index (χ3n) is 2.90. The van der Waals surface area contributed by atoms with Gasteiger partial charge in [-0.2, -0.15) is 0 Å². The van der Waals surface area contributed by atoms with Gasteiger partial charge in [-0.3, -0.25) is 5.84 Å². The Morgan fingerprint density at radius 1 is 1.35 bits per heavy atom. The van der Waals surface area contributed by atoms with Gasteiger partial charge in [0.2, 0.25) is 0 Å². The van der Waals surface area contributed by atoms with Gasteiger partial charge in [-0.15, -0.1) is 0 Å². The van der Waals surface area contributed by atoms with Gasteiger partial charge in [-0.25, -0.2) is 10.4 Å². The van der Waals surface area contributed by atoms with E-state index in [0.29, 0.717) is 5.82 Å². The van der Waals surface area contributed by atoms with Crippen LogP contribution in [0, 0.1) is 13.8 Å². The lowest BCUT2D eigenvalue weighted by atomic mass is 9.96. The quantitative estimate of drug-likeness (QED) is 0.550. The Hall–Kier alpha value is -1.85. The van der Waals surface area contributed by atoms with Crippen molar-refractivity contribution in [1.82, 2.24) is 10.4 Å². The maximum atomic E-state index is 5.92. The second kappa shape index (κ2) is 4.57. The van der Waals surface area contributed by atoms with Gasteiger partial charge in [-0.1, -0.05) is 0 Å². The van der Waals surface area contributed by atoms with E-state index >= 15 is 0 Å². The molecule has 0 aliphatic heterocycles. The summed E-state index contributed by atoms with van der Waals surface area (Å²) >= 11 is 0. The Bertz CT molecular complexity index is 501. The van der Waals surface area contributed by atoms with Gasteiger partial charge in [0.05, 0.1) is 12.3 Å². The highest BCUT2D eigenvalue weighted by molar-refractivity contribution is 5.50. The Morgan fingerprint density at radius 2 is 2.12 bits per heavy atom. The summed E-state index contributed by atoms with van der Waals surface area (Å²) in [6.45, 7) is 3.87. The molecule has 0 aromatic carbocycles. The van der Waals surface area contributed by atoms with Crippen LogP contribution in [0.3, 0.4) is 0 Å². The number of nitrogens with zero attached hydrogens (tertiary/aromatic N) is 1. The minimum absolute atomic E-state index is 0.206. The lowest BCUT2D eigenvalue weighted by Gasteiger charge is -2.19. The van der Waals surface area contributed by atoms with Gasteiger partial charge in [0, 0.05) is 17.3 Å². The zero-order chi connectivity index (χ0) is 12.4. The van der Waals surface area contributed by atoms with Crippen molar-refractivity contribution in [2.75, 3.05) is 5.73 Å². The van der Waals surface area contributed by atoms with Gasteiger partial charge >= 0.3 is 0 Å². The molecular weight excluding hydrogens is 216 g/mol. The normalized spacial score (nSPS) is 12.6. The van der Waals surface area contributed by atoms with Crippen molar-refractivity contribution >= 4 is 5.82 Å². The number of pyridine rings is 1. The zero-order valence-electron chi connectivity index (χ0n) is 9.90. The van der Waals surface area contributed by atoms with E-state index < -0.39 is 0 Å². The largest absolute Gasteiger partial charge is 0.469 e. The average molecular weight is 232 g/mol. The molecule has 0 aliphatic carbocycles. The van der Waals surface area contributed by atoms with Gasteiger partial charge < -0.3 is 10.2 Å². The first-order valence-corrected chi connectivity index (χ1v) is 5.36. The number of hydrazine groups is 1. The Morgan fingerprint density at radius 3 is 2.65 bits per heavy atom. The average Bonchev–Trinajstić information content (AvgIpc) is 2.70. The first kappa shape index (κ1) is 11.6. The van der Waals surface area contributed by atoms with Gasteiger partial charge in [0.1, 0.15) is 11.6 Å². The van der Waals surface area contributed by atoms with Crippen LogP contribution in [0.25, 0.3) is 0 Å². The number of aryl methyl sites for hydroxylation is 2. The van der Waals surface area contributed by atoms with Crippen LogP contribution in [0.15, 0.2) is 29.0 Å². The third-order valence-corrected chi connectivity index (χ3v) is 2.90. The molecule has 17 heavy (non-hydrogen) atoms. The van der Waals surface area contributed by atoms with Crippen molar-refractivity contribution in [2.45, 2.75) is 19.9 Å². The number of rotatable bonds is 3. The van der Waals surface area contributed by atoms with Crippen molar-refractivity contribution in [1.29, 1.82) is 0 Å². The van der Waals surface area contributed by atoms with Crippen LogP contribution in [-0.2, 0) is 0 Å². The van der Waals surface area contributed by atoms with Gasteiger partial charge in [-0.05, 0) is 31.5 Å². The SMILES string of the molecule is Cc1ccnc(N)c1C(NN)c1ccoc1C. The van der Waals surface area contributed by atoms with E-state index in [0.717, 1.165) is 22.5 Å². The summed E-state index contributed by atoms with van der Waals surface area (Å²) in [5.41, 5.74) is 11.6. The fourth-order valence-electron chi connectivity index (χ4n) is 1.99. The molecule has 1 unspecified atom stereocenters. The van der Waals surface area contributed by atoms with Crippen molar-refractivity contribution in [3.8, 4) is 0 Å². The van der Waals surface area contributed by atoms with Crippen LogP contribution in [0.5, 0.6) is 0 Å². The van der Waals surface area contributed by atoms with E-state index in [1.807, 2.05) is 26.0 Å². The molecule has 5 heteroatoms. The van der Waals surface area contributed by atoms with Crippen molar-refractivity contribution in [3.05, 3.63) is 47.0 Å². The lowest BCUT2D eigenvalue weighted by Crippen LogP contribution is -2.30. The van der Waals surface area contributed by atoms with E-state index in [2.05, 4.69) is 10.4 Å². The first-order valence-electron chi connectivity index (χ1n) is 5.36. The summed E-state index contributed by atoms with van der Waals surface area (Å²) in [4.78, 5) is 4.10. The fourth-order valence-corrected chi connectivity index (χ4v) is 1.99. The smallest absolute Gasteiger partial charge is 0.128 e. The molecular formula is C12H16N4O. The molecule has 2 rings (SSSR count). The number of nitrogens with two attached hydrogens (primary N) is 2. The van der Waals surface area contributed by atoms with E-state index in [1.54, 1.807) is 12.5 Å². The Balaban J connectivity index is 2.53. The topological polar surface area (TPSA) is 90.1 Å². The summed E-state index contributed by atoms with van der Waals surface area (Å²) in [7, 11) is 0. The zero-order valence-corrected chi connectivity index (χ0v) is 9.90. The number of furan rings is 1. The second-order valence-electron chi connectivity index (χ2n) is 3.96. The number of hydrogen-bond donors (Lipinski definition) is 3. The standard InChI is InChI=1S/C12H16N4O/c1-7-3-5-15-12(13)10(7)11(16-14)9-4-6-17-8(9)2/h3-6,11,16H,14H2,1-2H3,(H2,13,15). The van der Waals surface area contributed by atoms with Gasteiger partial charge in [0.15, 0.2) is 0 Å². The van der Waals surface area contributed by atoms with E-state index in [4.69, 9.17) is 16.0 Å². The van der Waals surface area contributed by atoms with E-state index in [1.165, 1.54) is 0 Å². The molecule has 0 spiro atoms. The highest BCUT2D eigenvalue weighted by Gasteiger charge is 2.21. The molecule has 0 saturated carbocycles. The number of hydrogen-bond acceptors (Lipinski definition) is 5. The number of aromatic nitrogens is 1. The first-order chi connectivity index (χ1) is 8.15. The second-order valence-corrected chi connectivity index (χ2v) is 3.96. The lowest BCUT2D eigenvalue weighted by molar-refractivity contribution is 0.520. The predicted octanol–water partition coefficient (Wildman–Crippen LogP) is 1.43. The molecule has 0 fully saturated rings.